The van der Waals surface area contributed by atoms with E-state index in [-0.39, 0.29) is 0 Å². The maximum atomic E-state index is 4.39. The minimum Gasteiger partial charge on any atom is -0.354 e. The van der Waals surface area contributed by atoms with Gasteiger partial charge in [0.05, 0.1) is 0 Å². The molecule has 0 spiro atoms. The third kappa shape index (κ3) is 5.72. The fourth-order valence-electron chi connectivity index (χ4n) is 1.43. The predicted molar refractivity (Wildman–Crippen MR) is 80.9 cm³/mol. The highest BCUT2D eigenvalue weighted by Crippen LogP contribution is 2.12. The van der Waals surface area contributed by atoms with Crippen molar-refractivity contribution in [3.8, 4) is 0 Å². The lowest BCUT2D eigenvalue weighted by Crippen LogP contribution is -2.18. The Hall–Kier alpha value is -1.59. The smallest absolute Gasteiger partial charge is 0.231 e. The molecule has 1 aromatic rings. The molecular weight excluding hydrogens is 240 g/mol. The van der Waals surface area contributed by atoms with E-state index >= 15 is 0 Å². The zero-order valence-corrected chi connectivity index (χ0v) is 12.7. The summed E-state index contributed by atoms with van der Waals surface area (Å²) in [6.07, 6.45) is 2.14. The SMILES string of the molecule is CCCNc1nc(NCCC(C)C)nc(N(C)C)n1. The third-order valence-electron chi connectivity index (χ3n) is 2.56. The first kappa shape index (κ1) is 15.5. The number of nitrogens with one attached hydrogen (secondary N) is 2. The molecule has 1 heterocycles. The van der Waals surface area contributed by atoms with Crippen molar-refractivity contribution in [3.63, 3.8) is 0 Å². The fourth-order valence-corrected chi connectivity index (χ4v) is 1.43. The van der Waals surface area contributed by atoms with Crippen LogP contribution in [0.3, 0.4) is 0 Å². The molecule has 0 fully saturated rings. The Morgan fingerprint density at radius 2 is 1.58 bits per heavy atom. The molecule has 0 aliphatic heterocycles. The van der Waals surface area contributed by atoms with Gasteiger partial charge in [-0.3, -0.25) is 0 Å². The second kappa shape index (κ2) is 7.76. The molecule has 0 saturated heterocycles. The molecule has 0 radical (unpaired) electrons. The van der Waals surface area contributed by atoms with Gasteiger partial charge < -0.3 is 15.5 Å². The summed E-state index contributed by atoms with van der Waals surface area (Å²) >= 11 is 0. The molecule has 6 nitrogen and oxygen atoms in total. The van der Waals surface area contributed by atoms with Gasteiger partial charge in [-0.05, 0) is 18.8 Å². The van der Waals surface area contributed by atoms with Gasteiger partial charge in [0, 0.05) is 27.2 Å². The average Bonchev–Trinajstić information content (AvgIpc) is 2.35. The van der Waals surface area contributed by atoms with Crippen molar-refractivity contribution in [1.82, 2.24) is 15.0 Å². The molecule has 0 amide bonds. The standard InChI is InChI=1S/C13H26N6/c1-6-8-14-11-16-12(15-9-7-10(2)3)18-13(17-11)19(4)5/h10H,6-9H2,1-5H3,(H2,14,15,16,17,18). The number of aromatic nitrogens is 3. The molecule has 19 heavy (non-hydrogen) atoms. The van der Waals surface area contributed by atoms with E-state index in [1.54, 1.807) is 0 Å². The van der Waals surface area contributed by atoms with Crippen molar-refractivity contribution >= 4 is 17.8 Å². The maximum absolute atomic E-state index is 4.39. The number of rotatable bonds is 8. The van der Waals surface area contributed by atoms with Crippen LogP contribution in [0, 0.1) is 5.92 Å². The molecule has 1 aromatic heterocycles. The average molecular weight is 266 g/mol. The lowest BCUT2D eigenvalue weighted by atomic mass is 10.1. The minimum absolute atomic E-state index is 0.632. The van der Waals surface area contributed by atoms with Gasteiger partial charge in [-0.15, -0.1) is 0 Å². The van der Waals surface area contributed by atoms with Crippen LogP contribution >= 0.6 is 0 Å². The van der Waals surface area contributed by atoms with E-state index in [4.69, 9.17) is 0 Å². The van der Waals surface area contributed by atoms with Crippen LogP contribution in [-0.2, 0) is 0 Å². The molecule has 0 saturated carbocycles. The van der Waals surface area contributed by atoms with Crippen LogP contribution in [0.4, 0.5) is 17.8 Å². The topological polar surface area (TPSA) is 66.0 Å². The van der Waals surface area contributed by atoms with Gasteiger partial charge in [-0.25, -0.2) is 0 Å². The Morgan fingerprint density at radius 1 is 1.00 bits per heavy atom. The summed E-state index contributed by atoms with van der Waals surface area (Å²) in [7, 11) is 3.85. The summed E-state index contributed by atoms with van der Waals surface area (Å²) < 4.78 is 0. The van der Waals surface area contributed by atoms with Gasteiger partial charge in [0.25, 0.3) is 0 Å². The molecule has 1 rings (SSSR count). The van der Waals surface area contributed by atoms with Crippen LogP contribution in [-0.4, -0.2) is 42.1 Å². The third-order valence-corrected chi connectivity index (χ3v) is 2.56. The van der Waals surface area contributed by atoms with Gasteiger partial charge >= 0.3 is 0 Å². The Labute approximate surface area is 116 Å². The molecule has 0 aromatic carbocycles. The van der Waals surface area contributed by atoms with E-state index in [1.807, 2.05) is 19.0 Å². The van der Waals surface area contributed by atoms with Crippen LogP contribution in [0.2, 0.25) is 0 Å². The first-order valence-electron chi connectivity index (χ1n) is 6.94. The van der Waals surface area contributed by atoms with Crippen LogP contribution in [0.5, 0.6) is 0 Å². The molecular formula is C13H26N6. The Kier molecular flexibility index (Phi) is 6.32. The first-order valence-corrected chi connectivity index (χ1v) is 6.94. The van der Waals surface area contributed by atoms with Crippen LogP contribution in [0.25, 0.3) is 0 Å². The zero-order chi connectivity index (χ0) is 14.3. The molecule has 0 aliphatic carbocycles. The molecule has 0 unspecified atom stereocenters. The maximum Gasteiger partial charge on any atom is 0.231 e. The van der Waals surface area contributed by atoms with Gasteiger partial charge in [-0.2, -0.15) is 15.0 Å². The van der Waals surface area contributed by atoms with Crippen molar-refractivity contribution in [2.24, 2.45) is 5.92 Å². The normalized spacial score (nSPS) is 10.6. The summed E-state index contributed by atoms with van der Waals surface area (Å²) in [4.78, 5) is 15.0. The Morgan fingerprint density at radius 3 is 2.05 bits per heavy atom. The van der Waals surface area contributed by atoms with Crippen LogP contribution < -0.4 is 15.5 Å². The monoisotopic (exact) mass is 266 g/mol. The van der Waals surface area contributed by atoms with Crippen LogP contribution in [0.1, 0.15) is 33.6 Å². The quantitative estimate of drug-likeness (QED) is 0.752. The number of hydrogen-bond acceptors (Lipinski definition) is 6. The number of hydrogen-bond donors (Lipinski definition) is 2. The van der Waals surface area contributed by atoms with Gasteiger partial charge in [0.15, 0.2) is 0 Å². The summed E-state index contributed by atoms with van der Waals surface area (Å²) in [6, 6.07) is 0. The highest BCUT2D eigenvalue weighted by Gasteiger charge is 2.07. The van der Waals surface area contributed by atoms with E-state index in [0.717, 1.165) is 25.9 Å². The summed E-state index contributed by atoms with van der Waals surface area (Å²) in [5.41, 5.74) is 0. The molecule has 6 heteroatoms. The van der Waals surface area contributed by atoms with Crippen molar-refractivity contribution in [2.45, 2.75) is 33.6 Å². The second-order valence-electron chi connectivity index (χ2n) is 5.21. The minimum atomic E-state index is 0.632. The van der Waals surface area contributed by atoms with E-state index in [9.17, 15) is 0 Å². The van der Waals surface area contributed by atoms with Crippen molar-refractivity contribution in [2.75, 3.05) is 42.7 Å². The summed E-state index contributed by atoms with van der Waals surface area (Å²) in [5.74, 6) is 2.60. The van der Waals surface area contributed by atoms with Crippen molar-refractivity contribution in [3.05, 3.63) is 0 Å². The van der Waals surface area contributed by atoms with Gasteiger partial charge in [0.1, 0.15) is 0 Å². The summed E-state index contributed by atoms with van der Waals surface area (Å²) in [5, 5.41) is 6.46. The van der Waals surface area contributed by atoms with E-state index in [1.165, 1.54) is 0 Å². The zero-order valence-electron chi connectivity index (χ0n) is 12.7. The lowest BCUT2D eigenvalue weighted by Gasteiger charge is -2.14. The highest BCUT2D eigenvalue weighted by atomic mass is 15.3. The second-order valence-corrected chi connectivity index (χ2v) is 5.21. The fraction of sp³-hybridized carbons (Fsp3) is 0.769. The summed E-state index contributed by atoms with van der Waals surface area (Å²) in [6.45, 7) is 8.26. The van der Waals surface area contributed by atoms with E-state index in [2.05, 4.69) is 46.4 Å². The molecule has 0 bridgehead atoms. The van der Waals surface area contributed by atoms with Crippen LogP contribution in [0.15, 0.2) is 0 Å². The first-order chi connectivity index (χ1) is 9.02. The van der Waals surface area contributed by atoms with E-state index in [0.29, 0.717) is 23.8 Å². The Bertz CT molecular complexity index is 377. The van der Waals surface area contributed by atoms with Gasteiger partial charge in [-0.1, -0.05) is 20.8 Å². The largest absolute Gasteiger partial charge is 0.354 e. The molecule has 2 N–H and O–H groups in total. The predicted octanol–water partition coefficient (Wildman–Crippen LogP) is 2.22. The van der Waals surface area contributed by atoms with Crippen molar-refractivity contribution in [1.29, 1.82) is 0 Å². The molecule has 0 atom stereocenters. The number of anilines is 3. The molecule has 0 aliphatic rings. The van der Waals surface area contributed by atoms with E-state index < -0.39 is 0 Å². The number of nitrogens with zero attached hydrogens (tertiary/aromatic N) is 4. The van der Waals surface area contributed by atoms with Crippen molar-refractivity contribution < 1.29 is 0 Å². The highest BCUT2D eigenvalue weighted by molar-refractivity contribution is 5.42. The lowest BCUT2D eigenvalue weighted by molar-refractivity contribution is 0.605. The Balaban J connectivity index is 2.74. The molecule has 108 valence electrons. The van der Waals surface area contributed by atoms with Gasteiger partial charge in [0.2, 0.25) is 17.8 Å².